The van der Waals surface area contributed by atoms with Gasteiger partial charge in [-0.1, -0.05) is 47.5 Å². The maximum Gasteiger partial charge on any atom is 0.321 e. The lowest BCUT2D eigenvalue weighted by Crippen LogP contribution is -2.53. The summed E-state index contributed by atoms with van der Waals surface area (Å²) in [6.07, 6.45) is 1.78. The molecule has 170 valence electrons. The molecule has 3 rings (SSSR count). The van der Waals surface area contributed by atoms with Crippen molar-refractivity contribution in [2.75, 3.05) is 18.4 Å². The molecule has 0 aromatic heterocycles. The van der Waals surface area contributed by atoms with Gasteiger partial charge in [-0.2, -0.15) is 0 Å². The number of hydrogen-bond acceptors (Lipinski definition) is 3. The maximum absolute atomic E-state index is 12.9. The van der Waals surface area contributed by atoms with E-state index in [0.29, 0.717) is 32.4 Å². The average Bonchev–Trinajstić information content (AvgIpc) is 2.76. The Labute approximate surface area is 189 Å². The molecule has 1 fully saturated rings. The number of aryl methyl sites for hydroxylation is 2. The molecule has 32 heavy (non-hydrogen) atoms. The van der Waals surface area contributed by atoms with Gasteiger partial charge in [-0.3, -0.25) is 9.59 Å². The molecule has 2 aromatic carbocycles. The second-order valence-corrected chi connectivity index (χ2v) is 8.51. The number of urea groups is 1. The van der Waals surface area contributed by atoms with E-state index in [2.05, 4.69) is 16.0 Å². The molecular formula is C25H32N4O3. The normalized spacial score (nSPS) is 15.0. The van der Waals surface area contributed by atoms with E-state index in [4.69, 9.17) is 0 Å². The molecule has 0 aliphatic carbocycles. The lowest BCUT2D eigenvalue weighted by atomic mass is 10.0. The molecule has 0 bridgehead atoms. The van der Waals surface area contributed by atoms with Gasteiger partial charge < -0.3 is 20.9 Å². The molecule has 2 aromatic rings. The smallest absolute Gasteiger partial charge is 0.321 e. The summed E-state index contributed by atoms with van der Waals surface area (Å²) in [4.78, 5) is 38.8. The van der Waals surface area contributed by atoms with Crippen molar-refractivity contribution in [3.63, 3.8) is 0 Å². The van der Waals surface area contributed by atoms with Gasteiger partial charge >= 0.3 is 6.03 Å². The summed E-state index contributed by atoms with van der Waals surface area (Å²) in [5.41, 5.74) is 4.05. The Kier molecular flexibility index (Phi) is 7.87. The molecule has 0 radical (unpaired) electrons. The molecule has 7 heteroatoms. The predicted octanol–water partition coefficient (Wildman–Crippen LogP) is 3.16. The monoisotopic (exact) mass is 436 g/mol. The first-order valence-corrected chi connectivity index (χ1v) is 11.1. The SMILES string of the molecule is CC(=O)N[C@H](Cc1ccc(C)cc1)C(=O)NC1CCN(C(=O)Nc2ccc(C)cc2)CC1. The zero-order valence-electron chi connectivity index (χ0n) is 19.0. The van der Waals surface area contributed by atoms with E-state index in [1.807, 2.05) is 62.4 Å². The number of rotatable bonds is 6. The summed E-state index contributed by atoms with van der Waals surface area (Å²) < 4.78 is 0. The number of amides is 4. The first-order valence-electron chi connectivity index (χ1n) is 11.1. The van der Waals surface area contributed by atoms with Crippen LogP contribution in [0.3, 0.4) is 0 Å². The van der Waals surface area contributed by atoms with Crippen LogP contribution in [0.5, 0.6) is 0 Å². The number of carbonyl (C=O) groups is 3. The standard InChI is InChI=1S/C25H32N4O3/c1-17-4-8-20(9-5-17)16-23(26-19(3)30)24(31)27-22-12-14-29(15-13-22)25(32)28-21-10-6-18(2)7-11-21/h4-11,22-23H,12-16H2,1-3H3,(H,26,30)(H,27,31)(H,28,32)/t23-/m1/s1. The molecule has 1 atom stereocenters. The second kappa shape index (κ2) is 10.8. The van der Waals surface area contributed by atoms with E-state index in [-0.39, 0.29) is 23.9 Å². The number of likely N-dealkylation sites (tertiary alicyclic amines) is 1. The van der Waals surface area contributed by atoms with Crippen LogP contribution in [0.25, 0.3) is 0 Å². The fourth-order valence-corrected chi connectivity index (χ4v) is 3.78. The van der Waals surface area contributed by atoms with Crippen molar-refractivity contribution in [2.24, 2.45) is 0 Å². The van der Waals surface area contributed by atoms with Crippen molar-refractivity contribution >= 4 is 23.5 Å². The Morgan fingerprint density at radius 3 is 2.06 bits per heavy atom. The highest BCUT2D eigenvalue weighted by atomic mass is 16.2. The van der Waals surface area contributed by atoms with Crippen LogP contribution in [-0.2, 0) is 16.0 Å². The molecule has 1 saturated heterocycles. The fourth-order valence-electron chi connectivity index (χ4n) is 3.78. The molecule has 7 nitrogen and oxygen atoms in total. The molecule has 1 aliphatic rings. The molecule has 3 N–H and O–H groups in total. The topological polar surface area (TPSA) is 90.5 Å². The quantitative estimate of drug-likeness (QED) is 0.650. The van der Waals surface area contributed by atoms with Crippen molar-refractivity contribution in [2.45, 2.75) is 52.1 Å². The van der Waals surface area contributed by atoms with E-state index in [1.54, 1.807) is 4.90 Å². The van der Waals surface area contributed by atoms with Crippen molar-refractivity contribution in [1.82, 2.24) is 15.5 Å². The number of carbonyl (C=O) groups excluding carboxylic acids is 3. The third-order valence-corrected chi connectivity index (χ3v) is 5.69. The summed E-state index contributed by atoms with van der Waals surface area (Å²) in [7, 11) is 0. The van der Waals surface area contributed by atoms with Gasteiger partial charge in [-0.05, 0) is 44.4 Å². The van der Waals surface area contributed by atoms with E-state index in [1.165, 1.54) is 6.92 Å². The molecule has 1 aliphatic heterocycles. The van der Waals surface area contributed by atoms with Crippen LogP contribution in [0, 0.1) is 13.8 Å². The molecular weight excluding hydrogens is 404 g/mol. The molecule has 0 spiro atoms. The largest absolute Gasteiger partial charge is 0.351 e. The zero-order chi connectivity index (χ0) is 23.1. The summed E-state index contributed by atoms with van der Waals surface area (Å²) in [6, 6.07) is 14.8. The summed E-state index contributed by atoms with van der Waals surface area (Å²) in [5.74, 6) is -0.428. The second-order valence-electron chi connectivity index (χ2n) is 8.51. The minimum absolute atomic E-state index is 0.0276. The molecule has 1 heterocycles. The van der Waals surface area contributed by atoms with Crippen LogP contribution < -0.4 is 16.0 Å². The molecule has 0 unspecified atom stereocenters. The van der Waals surface area contributed by atoms with Gasteiger partial charge in [0.1, 0.15) is 6.04 Å². The minimum atomic E-state index is -0.627. The van der Waals surface area contributed by atoms with Gasteiger partial charge in [-0.25, -0.2) is 4.79 Å². The zero-order valence-corrected chi connectivity index (χ0v) is 19.0. The predicted molar refractivity (Wildman–Crippen MR) is 125 cm³/mol. The number of piperidine rings is 1. The minimum Gasteiger partial charge on any atom is -0.351 e. The number of hydrogen-bond donors (Lipinski definition) is 3. The Bertz CT molecular complexity index is 933. The third-order valence-electron chi connectivity index (χ3n) is 5.69. The lowest BCUT2D eigenvalue weighted by Gasteiger charge is -2.33. The summed E-state index contributed by atoms with van der Waals surface area (Å²) in [5, 5.41) is 8.74. The van der Waals surface area contributed by atoms with Gasteiger partial charge in [0.15, 0.2) is 0 Å². The van der Waals surface area contributed by atoms with Crippen LogP contribution in [0.15, 0.2) is 48.5 Å². The number of benzene rings is 2. The number of anilines is 1. The fraction of sp³-hybridized carbons (Fsp3) is 0.400. The highest BCUT2D eigenvalue weighted by molar-refractivity contribution is 5.89. The van der Waals surface area contributed by atoms with Gasteiger partial charge in [0.2, 0.25) is 11.8 Å². The van der Waals surface area contributed by atoms with E-state index >= 15 is 0 Å². The van der Waals surface area contributed by atoms with Crippen molar-refractivity contribution < 1.29 is 14.4 Å². The van der Waals surface area contributed by atoms with Gasteiger partial charge in [0.05, 0.1) is 0 Å². The molecule has 0 saturated carbocycles. The van der Waals surface area contributed by atoms with Crippen LogP contribution in [0.2, 0.25) is 0 Å². The summed E-state index contributed by atoms with van der Waals surface area (Å²) >= 11 is 0. The Morgan fingerprint density at radius 1 is 0.938 bits per heavy atom. The Hall–Kier alpha value is -3.35. The Balaban J connectivity index is 1.50. The highest BCUT2D eigenvalue weighted by Gasteiger charge is 2.27. The van der Waals surface area contributed by atoms with Crippen LogP contribution in [0.4, 0.5) is 10.5 Å². The van der Waals surface area contributed by atoms with E-state index < -0.39 is 6.04 Å². The Morgan fingerprint density at radius 2 is 1.50 bits per heavy atom. The van der Waals surface area contributed by atoms with E-state index in [0.717, 1.165) is 22.4 Å². The lowest BCUT2D eigenvalue weighted by molar-refractivity contribution is -0.128. The first-order chi connectivity index (χ1) is 15.3. The maximum atomic E-state index is 12.9. The number of nitrogens with zero attached hydrogens (tertiary/aromatic N) is 1. The van der Waals surface area contributed by atoms with Crippen molar-refractivity contribution in [3.05, 3.63) is 65.2 Å². The van der Waals surface area contributed by atoms with Crippen LogP contribution in [0.1, 0.15) is 36.5 Å². The van der Waals surface area contributed by atoms with E-state index in [9.17, 15) is 14.4 Å². The number of nitrogens with one attached hydrogen (secondary N) is 3. The van der Waals surface area contributed by atoms with Crippen LogP contribution in [-0.4, -0.2) is 47.9 Å². The molecule has 4 amide bonds. The first kappa shape index (κ1) is 23.3. The third kappa shape index (κ3) is 6.83. The van der Waals surface area contributed by atoms with Gasteiger partial charge in [0, 0.05) is 38.2 Å². The van der Waals surface area contributed by atoms with Gasteiger partial charge in [-0.15, -0.1) is 0 Å². The average molecular weight is 437 g/mol. The summed E-state index contributed by atoms with van der Waals surface area (Å²) in [6.45, 7) is 6.55. The van der Waals surface area contributed by atoms with Crippen molar-refractivity contribution in [1.29, 1.82) is 0 Å². The van der Waals surface area contributed by atoms with Gasteiger partial charge in [0.25, 0.3) is 0 Å². The van der Waals surface area contributed by atoms with Crippen molar-refractivity contribution in [3.8, 4) is 0 Å². The van der Waals surface area contributed by atoms with Crippen LogP contribution >= 0.6 is 0 Å². The highest BCUT2D eigenvalue weighted by Crippen LogP contribution is 2.15.